The molecule has 1 heterocycles. The zero-order chi connectivity index (χ0) is 17.5. The second-order valence-corrected chi connectivity index (χ2v) is 6.05. The number of hydrogen-bond donors (Lipinski definition) is 2. The first-order chi connectivity index (χ1) is 12.2. The highest BCUT2D eigenvalue weighted by molar-refractivity contribution is 5.90. The number of nitrogens with one attached hydrogen (secondary N) is 2. The van der Waals surface area contributed by atoms with Crippen LogP contribution >= 0.6 is 0 Å². The third-order valence-corrected chi connectivity index (χ3v) is 4.23. The first-order valence-corrected chi connectivity index (χ1v) is 8.56. The second-order valence-electron chi connectivity index (χ2n) is 6.05. The monoisotopic (exact) mass is 339 g/mol. The second kappa shape index (κ2) is 8.33. The third kappa shape index (κ3) is 4.83. The Hall–Kier alpha value is -2.82. The summed E-state index contributed by atoms with van der Waals surface area (Å²) in [7, 11) is 0. The highest BCUT2D eigenvalue weighted by atomic mass is 19.1. The van der Waals surface area contributed by atoms with Crippen molar-refractivity contribution in [2.75, 3.05) is 23.3 Å². The molecule has 1 aliphatic heterocycles. The van der Waals surface area contributed by atoms with Gasteiger partial charge in [0.25, 0.3) is 0 Å². The molecule has 1 aliphatic rings. The smallest absolute Gasteiger partial charge is 0.323 e. The fourth-order valence-electron chi connectivity index (χ4n) is 2.89. The molecule has 2 aromatic carbocycles. The van der Waals surface area contributed by atoms with E-state index in [1.54, 1.807) is 18.2 Å². The van der Waals surface area contributed by atoms with E-state index in [4.69, 9.17) is 0 Å². The minimum Gasteiger partial charge on any atom is -0.372 e. The number of amides is 2. The van der Waals surface area contributed by atoms with Crippen LogP contribution in [0.15, 0.2) is 54.7 Å². The molecule has 0 aromatic heterocycles. The van der Waals surface area contributed by atoms with E-state index in [1.165, 1.54) is 43.3 Å². The van der Waals surface area contributed by atoms with Crippen molar-refractivity contribution in [2.24, 2.45) is 0 Å². The largest absolute Gasteiger partial charge is 0.372 e. The number of carbonyl (C=O) groups is 1. The predicted molar refractivity (Wildman–Crippen MR) is 100 cm³/mol. The molecule has 25 heavy (non-hydrogen) atoms. The maximum Gasteiger partial charge on any atom is 0.323 e. The molecule has 0 saturated carbocycles. The van der Waals surface area contributed by atoms with Crippen LogP contribution in [-0.4, -0.2) is 19.1 Å². The summed E-state index contributed by atoms with van der Waals surface area (Å²) >= 11 is 0. The van der Waals surface area contributed by atoms with Crippen molar-refractivity contribution >= 4 is 23.5 Å². The summed E-state index contributed by atoms with van der Waals surface area (Å²) in [6, 6.07) is 13.9. The van der Waals surface area contributed by atoms with Gasteiger partial charge in [0, 0.05) is 36.2 Å². The predicted octanol–water partition coefficient (Wildman–Crippen LogP) is 4.61. The van der Waals surface area contributed by atoms with Crippen molar-refractivity contribution in [1.82, 2.24) is 5.32 Å². The first-order valence-electron chi connectivity index (χ1n) is 8.56. The standard InChI is InChI=1S/C20H22FN3O/c21-19-7-3-2-6-16(19)12-13-22-20(25)23-17-8-10-18(11-9-17)24-14-4-1-5-15-24/h2-3,6-13H,1,4-5,14-15H2,(H2,22,23,25)/b13-12+. The van der Waals surface area contributed by atoms with Gasteiger partial charge in [0.05, 0.1) is 0 Å². The van der Waals surface area contributed by atoms with Crippen molar-refractivity contribution in [3.63, 3.8) is 0 Å². The molecule has 0 unspecified atom stereocenters. The van der Waals surface area contributed by atoms with Crippen molar-refractivity contribution in [3.05, 3.63) is 66.1 Å². The van der Waals surface area contributed by atoms with Gasteiger partial charge in [-0.3, -0.25) is 0 Å². The highest BCUT2D eigenvalue weighted by Crippen LogP contribution is 2.21. The number of benzene rings is 2. The molecule has 0 atom stereocenters. The topological polar surface area (TPSA) is 44.4 Å². The molecule has 3 rings (SSSR count). The van der Waals surface area contributed by atoms with Crippen LogP contribution in [0.4, 0.5) is 20.6 Å². The van der Waals surface area contributed by atoms with E-state index in [-0.39, 0.29) is 11.8 Å². The minimum atomic E-state index is -0.363. The first kappa shape index (κ1) is 17.0. The lowest BCUT2D eigenvalue weighted by molar-refractivity contribution is 0.255. The van der Waals surface area contributed by atoms with Gasteiger partial charge in [0.1, 0.15) is 5.82 Å². The lowest BCUT2D eigenvalue weighted by Gasteiger charge is -2.28. The Morgan fingerprint density at radius 1 is 1.00 bits per heavy atom. The summed E-state index contributed by atoms with van der Waals surface area (Å²) in [6.45, 7) is 2.18. The molecule has 5 heteroatoms. The van der Waals surface area contributed by atoms with Crippen LogP contribution in [0.5, 0.6) is 0 Å². The summed E-state index contributed by atoms with van der Waals surface area (Å²) < 4.78 is 13.5. The van der Waals surface area contributed by atoms with Crippen molar-refractivity contribution in [1.29, 1.82) is 0 Å². The Kier molecular flexibility index (Phi) is 5.67. The van der Waals surface area contributed by atoms with Gasteiger partial charge in [-0.1, -0.05) is 18.2 Å². The van der Waals surface area contributed by atoms with Crippen LogP contribution in [-0.2, 0) is 0 Å². The molecule has 0 bridgehead atoms. The van der Waals surface area contributed by atoms with Crippen LogP contribution in [0.25, 0.3) is 6.08 Å². The van der Waals surface area contributed by atoms with E-state index < -0.39 is 0 Å². The average molecular weight is 339 g/mol. The molecule has 2 amide bonds. The molecule has 0 spiro atoms. The van der Waals surface area contributed by atoms with E-state index in [0.717, 1.165) is 18.8 Å². The maximum absolute atomic E-state index is 13.5. The molecule has 4 nitrogen and oxygen atoms in total. The average Bonchev–Trinajstić information content (AvgIpc) is 2.65. The van der Waals surface area contributed by atoms with Crippen LogP contribution < -0.4 is 15.5 Å². The normalized spacial score (nSPS) is 14.5. The number of urea groups is 1. The molecular weight excluding hydrogens is 317 g/mol. The van der Waals surface area contributed by atoms with Gasteiger partial charge in [0.15, 0.2) is 0 Å². The summed E-state index contributed by atoms with van der Waals surface area (Å²) in [5.74, 6) is -0.325. The summed E-state index contributed by atoms with van der Waals surface area (Å²) in [4.78, 5) is 14.3. The highest BCUT2D eigenvalue weighted by Gasteiger charge is 2.10. The Morgan fingerprint density at radius 3 is 2.44 bits per heavy atom. The molecule has 2 N–H and O–H groups in total. The van der Waals surface area contributed by atoms with Gasteiger partial charge in [-0.15, -0.1) is 0 Å². The van der Waals surface area contributed by atoms with Crippen molar-refractivity contribution in [3.8, 4) is 0 Å². The minimum absolute atomic E-state index is 0.325. The molecule has 0 aliphatic carbocycles. The molecule has 130 valence electrons. The van der Waals surface area contributed by atoms with Gasteiger partial charge in [-0.25, -0.2) is 9.18 Å². The molecule has 0 radical (unpaired) electrons. The van der Waals surface area contributed by atoms with Crippen molar-refractivity contribution in [2.45, 2.75) is 19.3 Å². The number of rotatable bonds is 4. The fourth-order valence-corrected chi connectivity index (χ4v) is 2.89. The van der Waals surface area contributed by atoms with E-state index in [2.05, 4.69) is 15.5 Å². The molecular formula is C20H22FN3O. The number of piperidine rings is 1. The number of carbonyl (C=O) groups excluding carboxylic acids is 1. The fraction of sp³-hybridized carbons (Fsp3) is 0.250. The quantitative estimate of drug-likeness (QED) is 0.854. The summed E-state index contributed by atoms with van der Waals surface area (Å²) in [5, 5.41) is 5.34. The SMILES string of the molecule is O=C(N/C=C/c1ccccc1F)Nc1ccc(N2CCCCC2)cc1. The summed E-state index contributed by atoms with van der Waals surface area (Å²) in [5.41, 5.74) is 2.33. The van der Waals surface area contributed by atoms with E-state index in [9.17, 15) is 9.18 Å². The molecule has 1 saturated heterocycles. The van der Waals surface area contributed by atoms with Gasteiger partial charge < -0.3 is 15.5 Å². The Bertz CT molecular complexity index is 737. The van der Waals surface area contributed by atoms with Gasteiger partial charge >= 0.3 is 6.03 Å². The van der Waals surface area contributed by atoms with Gasteiger partial charge in [-0.2, -0.15) is 0 Å². The van der Waals surface area contributed by atoms with Crippen molar-refractivity contribution < 1.29 is 9.18 Å². The van der Waals surface area contributed by atoms with E-state index >= 15 is 0 Å². The number of nitrogens with zero attached hydrogens (tertiary/aromatic N) is 1. The number of hydrogen-bond acceptors (Lipinski definition) is 2. The maximum atomic E-state index is 13.5. The van der Waals surface area contributed by atoms with E-state index in [0.29, 0.717) is 5.56 Å². The van der Waals surface area contributed by atoms with Gasteiger partial charge in [0.2, 0.25) is 0 Å². The molecule has 2 aromatic rings. The number of anilines is 2. The Balaban J connectivity index is 1.51. The Morgan fingerprint density at radius 2 is 1.72 bits per heavy atom. The van der Waals surface area contributed by atoms with Crippen LogP contribution in [0.2, 0.25) is 0 Å². The Labute approximate surface area is 147 Å². The lowest BCUT2D eigenvalue weighted by atomic mass is 10.1. The van der Waals surface area contributed by atoms with E-state index in [1.807, 2.05) is 24.3 Å². The van der Waals surface area contributed by atoms with Crippen LogP contribution in [0.3, 0.4) is 0 Å². The van der Waals surface area contributed by atoms with Crippen LogP contribution in [0, 0.1) is 5.82 Å². The van der Waals surface area contributed by atoms with Gasteiger partial charge in [-0.05, 0) is 55.7 Å². The number of halogens is 1. The zero-order valence-corrected chi connectivity index (χ0v) is 14.0. The lowest BCUT2D eigenvalue weighted by Crippen LogP contribution is -2.29. The zero-order valence-electron chi connectivity index (χ0n) is 14.0. The third-order valence-electron chi connectivity index (χ3n) is 4.23. The molecule has 1 fully saturated rings. The summed E-state index contributed by atoms with van der Waals surface area (Å²) in [6.07, 6.45) is 6.72. The van der Waals surface area contributed by atoms with Crippen LogP contribution in [0.1, 0.15) is 24.8 Å².